The fourth-order valence-electron chi connectivity index (χ4n) is 2.98. The van der Waals surface area contributed by atoms with Gasteiger partial charge in [0.05, 0.1) is 12.7 Å². The molecule has 1 aliphatic heterocycles. The maximum atomic E-state index is 12.1. The Kier molecular flexibility index (Phi) is 4.71. The topological polar surface area (TPSA) is 115 Å². The van der Waals surface area contributed by atoms with Crippen molar-refractivity contribution in [2.45, 2.75) is 25.8 Å². The molecule has 2 heterocycles. The molecule has 3 rings (SSSR count). The fraction of sp³-hybridized carbons (Fsp3) is 0.353. The number of aliphatic hydroxyl groups is 1. The van der Waals surface area contributed by atoms with Gasteiger partial charge >= 0.3 is 0 Å². The van der Waals surface area contributed by atoms with E-state index >= 15 is 0 Å². The summed E-state index contributed by atoms with van der Waals surface area (Å²) in [6.07, 6.45) is 1.12. The average Bonchev–Trinajstić information content (AvgIpc) is 3.00. The standard InChI is InChI=1S/C17H21N5O3/c1-10-14(16(18)24)15(11-5-3-6-12(9-11)25-2)22-17(19-10)20-13(21-22)7-4-8-23/h3,5-6,9,15,23H,4,7-8H2,1-2H3,(H2,18,24)(H,19,20,21)/t15-/m0/s1. The lowest BCUT2D eigenvalue weighted by Crippen LogP contribution is -2.31. The zero-order valence-electron chi connectivity index (χ0n) is 14.2. The quantitative estimate of drug-likeness (QED) is 0.720. The molecule has 0 aliphatic carbocycles. The van der Waals surface area contributed by atoms with Gasteiger partial charge in [-0.15, -0.1) is 0 Å². The summed E-state index contributed by atoms with van der Waals surface area (Å²) in [5.74, 6) is 1.31. The largest absolute Gasteiger partial charge is 0.497 e. The van der Waals surface area contributed by atoms with Crippen LogP contribution in [0.15, 0.2) is 35.5 Å². The second-order valence-electron chi connectivity index (χ2n) is 5.83. The number of benzene rings is 1. The van der Waals surface area contributed by atoms with Gasteiger partial charge in [0.15, 0.2) is 5.82 Å². The predicted octanol–water partition coefficient (Wildman–Crippen LogP) is 0.986. The molecule has 1 aromatic carbocycles. The van der Waals surface area contributed by atoms with Crippen molar-refractivity contribution in [3.05, 3.63) is 46.9 Å². The summed E-state index contributed by atoms with van der Waals surface area (Å²) in [5.41, 5.74) is 7.54. The number of carbonyl (C=O) groups is 1. The first-order chi connectivity index (χ1) is 12.0. The van der Waals surface area contributed by atoms with Gasteiger partial charge < -0.3 is 20.9 Å². The number of nitrogens with one attached hydrogen (secondary N) is 1. The highest BCUT2D eigenvalue weighted by atomic mass is 16.5. The predicted molar refractivity (Wildman–Crippen MR) is 92.1 cm³/mol. The van der Waals surface area contributed by atoms with E-state index in [2.05, 4.69) is 15.4 Å². The summed E-state index contributed by atoms with van der Waals surface area (Å²) in [6, 6.07) is 6.95. The van der Waals surface area contributed by atoms with Crippen molar-refractivity contribution < 1.29 is 14.6 Å². The number of nitrogens with zero attached hydrogens (tertiary/aromatic N) is 3. The van der Waals surface area contributed by atoms with Crippen LogP contribution in [0.3, 0.4) is 0 Å². The number of aliphatic hydroxyl groups excluding tert-OH is 1. The van der Waals surface area contributed by atoms with E-state index in [9.17, 15) is 4.79 Å². The number of nitrogens with two attached hydrogens (primary N) is 1. The molecule has 0 bridgehead atoms. The Bertz CT molecular complexity index is 827. The molecule has 0 unspecified atom stereocenters. The molecule has 0 fully saturated rings. The third-order valence-electron chi connectivity index (χ3n) is 4.13. The molecule has 1 atom stereocenters. The van der Waals surface area contributed by atoms with Crippen molar-refractivity contribution in [1.29, 1.82) is 0 Å². The lowest BCUT2D eigenvalue weighted by molar-refractivity contribution is -0.115. The molecule has 2 aromatic rings. The second kappa shape index (κ2) is 6.94. The maximum Gasteiger partial charge on any atom is 0.248 e. The Morgan fingerprint density at radius 3 is 2.96 bits per heavy atom. The number of ether oxygens (including phenoxy) is 1. The van der Waals surface area contributed by atoms with Crippen LogP contribution in [0.4, 0.5) is 5.95 Å². The number of amides is 1. The molecule has 8 heteroatoms. The highest BCUT2D eigenvalue weighted by molar-refractivity contribution is 5.95. The summed E-state index contributed by atoms with van der Waals surface area (Å²) < 4.78 is 6.95. The molecule has 1 aromatic heterocycles. The van der Waals surface area contributed by atoms with Crippen LogP contribution in [0.1, 0.15) is 30.8 Å². The van der Waals surface area contributed by atoms with Crippen molar-refractivity contribution in [1.82, 2.24) is 14.8 Å². The van der Waals surface area contributed by atoms with Crippen molar-refractivity contribution in [2.75, 3.05) is 19.0 Å². The van der Waals surface area contributed by atoms with Gasteiger partial charge in [-0.2, -0.15) is 10.1 Å². The number of carbonyl (C=O) groups excluding carboxylic acids is 1. The molecule has 132 valence electrons. The van der Waals surface area contributed by atoms with Crippen LogP contribution >= 0.6 is 0 Å². The first kappa shape index (κ1) is 17.0. The number of methoxy groups -OCH3 is 1. The van der Waals surface area contributed by atoms with Crippen LogP contribution < -0.4 is 15.8 Å². The molecular formula is C17H21N5O3. The first-order valence-corrected chi connectivity index (χ1v) is 8.03. The average molecular weight is 343 g/mol. The van der Waals surface area contributed by atoms with E-state index in [-0.39, 0.29) is 6.61 Å². The van der Waals surface area contributed by atoms with Gasteiger partial charge in [-0.3, -0.25) is 4.79 Å². The minimum absolute atomic E-state index is 0.0699. The number of hydrogen-bond donors (Lipinski definition) is 3. The van der Waals surface area contributed by atoms with E-state index in [4.69, 9.17) is 15.6 Å². The Morgan fingerprint density at radius 1 is 1.48 bits per heavy atom. The number of anilines is 1. The Hall–Kier alpha value is -2.87. The first-order valence-electron chi connectivity index (χ1n) is 8.03. The van der Waals surface area contributed by atoms with Gasteiger partial charge in [-0.1, -0.05) is 12.1 Å². The lowest BCUT2D eigenvalue weighted by atomic mass is 9.95. The molecule has 8 nitrogen and oxygen atoms in total. The molecule has 1 aliphatic rings. The van der Waals surface area contributed by atoms with Crippen LogP contribution in [-0.4, -0.2) is 39.5 Å². The number of primary amides is 1. The number of fused-ring (bicyclic) bond motifs is 1. The molecule has 4 N–H and O–H groups in total. The van der Waals surface area contributed by atoms with Crippen LogP contribution in [0.25, 0.3) is 0 Å². The fourth-order valence-corrected chi connectivity index (χ4v) is 2.98. The number of hydrogen-bond acceptors (Lipinski definition) is 6. The summed E-state index contributed by atoms with van der Waals surface area (Å²) >= 11 is 0. The molecular weight excluding hydrogens is 322 g/mol. The maximum absolute atomic E-state index is 12.1. The zero-order valence-corrected chi connectivity index (χ0v) is 14.2. The molecule has 0 saturated heterocycles. The number of allylic oxidation sites excluding steroid dienone is 1. The zero-order chi connectivity index (χ0) is 18.0. The second-order valence-corrected chi connectivity index (χ2v) is 5.83. The van der Waals surface area contributed by atoms with Crippen molar-refractivity contribution in [3.8, 4) is 5.75 Å². The third kappa shape index (κ3) is 3.20. The van der Waals surface area contributed by atoms with Crippen LogP contribution in [-0.2, 0) is 11.2 Å². The van der Waals surface area contributed by atoms with E-state index in [0.29, 0.717) is 41.6 Å². The van der Waals surface area contributed by atoms with Gasteiger partial charge in [0, 0.05) is 18.7 Å². The van der Waals surface area contributed by atoms with Crippen LogP contribution in [0.2, 0.25) is 0 Å². The van der Waals surface area contributed by atoms with Gasteiger partial charge in [0.1, 0.15) is 11.8 Å². The van der Waals surface area contributed by atoms with Crippen molar-refractivity contribution in [3.63, 3.8) is 0 Å². The monoisotopic (exact) mass is 343 g/mol. The summed E-state index contributed by atoms with van der Waals surface area (Å²) in [4.78, 5) is 16.6. The molecule has 0 spiro atoms. The normalized spacial score (nSPS) is 16.4. The van der Waals surface area contributed by atoms with Crippen LogP contribution in [0, 0.1) is 0 Å². The van der Waals surface area contributed by atoms with Gasteiger partial charge in [-0.05, 0) is 31.0 Å². The van der Waals surface area contributed by atoms with E-state index in [1.165, 1.54) is 0 Å². The smallest absolute Gasteiger partial charge is 0.248 e. The Labute approximate surface area is 145 Å². The van der Waals surface area contributed by atoms with Gasteiger partial charge in [0.2, 0.25) is 11.9 Å². The summed E-state index contributed by atoms with van der Waals surface area (Å²) in [7, 11) is 1.59. The van der Waals surface area contributed by atoms with Gasteiger partial charge in [0.25, 0.3) is 0 Å². The number of aryl methyl sites for hydroxylation is 1. The van der Waals surface area contributed by atoms with Gasteiger partial charge in [-0.25, -0.2) is 4.68 Å². The lowest BCUT2D eigenvalue weighted by Gasteiger charge is -2.27. The third-order valence-corrected chi connectivity index (χ3v) is 4.13. The summed E-state index contributed by atoms with van der Waals surface area (Å²) in [6.45, 7) is 1.86. The molecule has 0 radical (unpaired) electrons. The highest BCUT2D eigenvalue weighted by Crippen LogP contribution is 2.35. The summed E-state index contributed by atoms with van der Waals surface area (Å²) in [5, 5.41) is 16.6. The molecule has 0 saturated carbocycles. The van der Waals surface area contributed by atoms with Crippen molar-refractivity contribution >= 4 is 11.9 Å². The Morgan fingerprint density at radius 2 is 2.28 bits per heavy atom. The molecule has 25 heavy (non-hydrogen) atoms. The molecule has 1 amide bonds. The van der Waals surface area contributed by atoms with E-state index in [1.54, 1.807) is 18.7 Å². The SMILES string of the molecule is COc1cccc([C@H]2C(C(N)=O)=C(C)Nc3nc(CCCO)nn32)c1. The number of aromatic nitrogens is 3. The van der Waals surface area contributed by atoms with E-state index < -0.39 is 11.9 Å². The van der Waals surface area contributed by atoms with Crippen molar-refractivity contribution in [2.24, 2.45) is 5.73 Å². The minimum Gasteiger partial charge on any atom is -0.497 e. The van der Waals surface area contributed by atoms with E-state index in [0.717, 1.165) is 5.56 Å². The van der Waals surface area contributed by atoms with Crippen LogP contribution in [0.5, 0.6) is 5.75 Å². The Balaban J connectivity index is 2.11. The highest BCUT2D eigenvalue weighted by Gasteiger charge is 2.33. The minimum atomic E-state index is -0.518. The number of rotatable bonds is 6. The van der Waals surface area contributed by atoms with E-state index in [1.807, 2.05) is 24.3 Å².